The minimum Gasteiger partial charge on any atom is -0.396 e. The normalized spacial score (nSPS) is 20.4. The van der Waals surface area contributed by atoms with Gasteiger partial charge in [0.25, 0.3) is 0 Å². The van der Waals surface area contributed by atoms with E-state index >= 15 is 0 Å². The number of benzene rings is 1. The highest BCUT2D eigenvalue weighted by Gasteiger charge is 2.23. The maximum Gasteiger partial charge on any atom is 0.238 e. The first kappa shape index (κ1) is 15.7. The molecule has 5 nitrogen and oxygen atoms in total. The van der Waals surface area contributed by atoms with Crippen LogP contribution in [0.3, 0.4) is 0 Å². The Morgan fingerprint density at radius 2 is 2.24 bits per heavy atom. The molecule has 0 spiro atoms. The number of hydrogen-bond acceptors (Lipinski definition) is 4. The number of halogens is 1. The average molecular weight is 294 g/mol. The Morgan fingerprint density at radius 3 is 2.86 bits per heavy atom. The molecule has 21 heavy (non-hydrogen) atoms. The van der Waals surface area contributed by atoms with E-state index in [-0.39, 0.29) is 11.6 Å². The molecule has 1 unspecified atom stereocenters. The minimum atomic E-state index is -0.475. The van der Waals surface area contributed by atoms with Gasteiger partial charge in [-0.2, -0.15) is 0 Å². The summed E-state index contributed by atoms with van der Waals surface area (Å²) in [5.74, 6) is -0.573. The molecular formula is C15H23FN4O. The number of piperazine rings is 1. The van der Waals surface area contributed by atoms with Crippen LogP contribution in [0, 0.1) is 5.82 Å². The van der Waals surface area contributed by atoms with E-state index in [1.54, 1.807) is 0 Å². The standard InChI is InChI=1S/C15H23FN4O/c1-3-20-7-6-19(9-11(20)2)10-15(21)18-12-4-5-13(16)14(17)8-12/h4-5,8,11H,3,6-7,9-10,17H2,1-2H3,(H,18,21). The number of carbonyl (C=O) groups excluding carboxylic acids is 1. The Bertz CT molecular complexity index is 508. The Hall–Kier alpha value is -1.66. The van der Waals surface area contributed by atoms with Crippen molar-refractivity contribution in [2.45, 2.75) is 19.9 Å². The monoisotopic (exact) mass is 294 g/mol. The molecule has 0 bridgehead atoms. The fourth-order valence-corrected chi connectivity index (χ4v) is 2.71. The molecule has 0 aromatic heterocycles. The van der Waals surface area contributed by atoms with Gasteiger partial charge in [-0.25, -0.2) is 4.39 Å². The molecule has 1 aliphatic rings. The van der Waals surface area contributed by atoms with Crippen molar-refractivity contribution in [3.05, 3.63) is 24.0 Å². The van der Waals surface area contributed by atoms with Crippen LogP contribution in [-0.2, 0) is 4.79 Å². The van der Waals surface area contributed by atoms with E-state index in [2.05, 4.69) is 29.0 Å². The van der Waals surface area contributed by atoms with Gasteiger partial charge in [-0.15, -0.1) is 0 Å². The molecule has 1 fully saturated rings. The molecule has 0 radical (unpaired) electrons. The van der Waals surface area contributed by atoms with Crippen molar-refractivity contribution in [2.24, 2.45) is 0 Å². The summed E-state index contributed by atoms with van der Waals surface area (Å²) in [5.41, 5.74) is 6.05. The largest absolute Gasteiger partial charge is 0.396 e. The number of carbonyl (C=O) groups is 1. The summed E-state index contributed by atoms with van der Waals surface area (Å²) >= 11 is 0. The lowest BCUT2D eigenvalue weighted by Gasteiger charge is -2.38. The van der Waals surface area contributed by atoms with Crippen LogP contribution in [0.15, 0.2) is 18.2 Å². The van der Waals surface area contributed by atoms with E-state index < -0.39 is 5.82 Å². The SMILES string of the molecule is CCN1CCN(CC(=O)Nc2ccc(F)c(N)c2)CC1C. The molecule has 1 atom stereocenters. The van der Waals surface area contributed by atoms with Crippen LogP contribution in [0.25, 0.3) is 0 Å². The molecule has 1 saturated heterocycles. The quantitative estimate of drug-likeness (QED) is 0.824. The van der Waals surface area contributed by atoms with Gasteiger partial charge in [-0.3, -0.25) is 14.6 Å². The maximum absolute atomic E-state index is 13.1. The summed E-state index contributed by atoms with van der Waals surface area (Å²) < 4.78 is 13.1. The van der Waals surface area contributed by atoms with Gasteiger partial charge in [0.1, 0.15) is 5.82 Å². The van der Waals surface area contributed by atoms with E-state index in [9.17, 15) is 9.18 Å². The van der Waals surface area contributed by atoms with Crippen molar-refractivity contribution < 1.29 is 9.18 Å². The second kappa shape index (κ2) is 6.87. The lowest BCUT2D eigenvalue weighted by molar-refractivity contribution is -0.118. The molecule has 6 heteroatoms. The minimum absolute atomic E-state index is 0.0398. The summed E-state index contributed by atoms with van der Waals surface area (Å²) in [7, 11) is 0. The highest BCUT2D eigenvalue weighted by molar-refractivity contribution is 5.92. The van der Waals surface area contributed by atoms with E-state index in [0.29, 0.717) is 18.3 Å². The molecule has 0 saturated carbocycles. The summed E-state index contributed by atoms with van der Waals surface area (Å²) in [4.78, 5) is 16.6. The zero-order valence-corrected chi connectivity index (χ0v) is 12.6. The molecule has 116 valence electrons. The lowest BCUT2D eigenvalue weighted by atomic mass is 10.2. The lowest BCUT2D eigenvalue weighted by Crippen LogP contribution is -2.53. The number of nitrogen functional groups attached to an aromatic ring is 1. The Kier molecular flexibility index (Phi) is 5.14. The first-order valence-corrected chi connectivity index (χ1v) is 7.31. The zero-order valence-electron chi connectivity index (χ0n) is 12.6. The third kappa shape index (κ3) is 4.15. The Balaban J connectivity index is 1.86. The van der Waals surface area contributed by atoms with Crippen LogP contribution in [0.2, 0.25) is 0 Å². The van der Waals surface area contributed by atoms with Gasteiger partial charge in [-0.05, 0) is 31.7 Å². The van der Waals surface area contributed by atoms with Gasteiger partial charge in [0.05, 0.1) is 12.2 Å². The van der Waals surface area contributed by atoms with Gasteiger partial charge >= 0.3 is 0 Å². The molecule has 2 rings (SSSR count). The molecule has 1 aromatic carbocycles. The van der Waals surface area contributed by atoms with Crippen LogP contribution in [0.4, 0.5) is 15.8 Å². The van der Waals surface area contributed by atoms with Crippen molar-refractivity contribution in [2.75, 3.05) is 43.8 Å². The molecule has 3 N–H and O–H groups in total. The molecule has 1 amide bonds. The van der Waals surface area contributed by atoms with Crippen molar-refractivity contribution >= 4 is 17.3 Å². The van der Waals surface area contributed by atoms with E-state index in [1.165, 1.54) is 18.2 Å². The van der Waals surface area contributed by atoms with E-state index in [0.717, 1.165) is 26.2 Å². The number of nitrogens with two attached hydrogens (primary N) is 1. The maximum atomic E-state index is 13.1. The van der Waals surface area contributed by atoms with Crippen molar-refractivity contribution in [3.8, 4) is 0 Å². The predicted molar refractivity (Wildman–Crippen MR) is 82.6 cm³/mol. The van der Waals surface area contributed by atoms with Crippen LogP contribution in [-0.4, -0.2) is 54.5 Å². The zero-order chi connectivity index (χ0) is 15.4. The van der Waals surface area contributed by atoms with Crippen molar-refractivity contribution in [1.29, 1.82) is 0 Å². The molecular weight excluding hydrogens is 271 g/mol. The number of nitrogens with zero attached hydrogens (tertiary/aromatic N) is 2. The number of hydrogen-bond donors (Lipinski definition) is 2. The number of rotatable bonds is 4. The third-order valence-electron chi connectivity index (χ3n) is 3.90. The molecule has 0 aliphatic carbocycles. The number of likely N-dealkylation sites (N-methyl/N-ethyl adjacent to an activating group) is 1. The summed E-state index contributed by atoms with van der Waals surface area (Å²) in [6.07, 6.45) is 0. The first-order chi connectivity index (χ1) is 9.99. The predicted octanol–water partition coefficient (Wildman–Crippen LogP) is 1.37. The topological polar surface area (TPSA) is 61.6 Å². The van der Waals surface area contributed by atoms with E-state index in [4.69, 9.17) is 5.73 Å². The Morgan fingerprint density at radius 1 is 1.48 bits per heavy atom. The smallest absolute Gasteiger partial charge is 0.238 e. The van der Waals surface area contributed by atoms with E-state index in [1.807, 2.05) is 0 Å². The summed E-state index contributed by atoms with van der Waals surface area (Å²) in [5, 5.41) is 2.76. The summed E-state index contributed by atoms with van der Waals surface area (Å²) in [6.45, 7) is 8.46. The molecule has 1 aliphatic heterocycles. The van der Waals surface area contributed by atoms with Gasteiger partial charge < -0.3 is 11.1 Å². The van der Waals surface area contributed by atoms with Gasteiger partial charge in [0, 0.05) is 31.4 Å². The molecule has 1 aromatic rings. The van der Waals surface area contributed by atoms with Gasteiger partial charge in [-0.1, -0.05) is 6.92 Å². The fourth-order valence-electron chi connectivity index (χ4n) is 2.71. The average Bonchev–Trinajstić information content (AvgIpc) is 2.43. The van der Waals surface area contributed by atoms with Gasteiger partial charge in [0.2, 0.25) is 5.91 Å². The third-order valence-corrected chi connectivity index (χ3v) is 3.90. The number of anilines is 2. The Labute approximate surface area is 124 Å². The van der Waals surface area contributed by atoms with Gasteiger partial charge in [0.15, 0.2) is 0 Å². The highest BCUT2D eigenvalue weighted by Crippen LogP contribution is 2.16. The fraction of sp³-hybridized carbons (Fsp3) is 0.533. The molecule has 1 heterocycles. The van der Waals surface area contributed by atoms with Crippen LogP contribution in [0.1, 0.15) is 13.8 Å². The number of amides is 1. The van der Waals surface area contributed by atoms with Crippen LogP contribution >= 0.6 is 0 Å². The highest BCUT2D eigenvalue weighted by atomic mass is 19.1. The van der Waals surface area contributed by atoms with Crippen LogP contribution in [0.5, 0.6) is 0 Å². The van der Waals surface area contributed by atoms with Crippen molar-refractivity contribution in [3.63, 3.8) is 0 Å². The summed E-state index contributed by atoms with van der Waals surface area (Å²) in [6, 6.07) is 4.66. The second-order valence-electron chi connectivity index (χ2n) is 5.50. The number of nitrogens with one attached hydrogen (secondary N) is 1. The first-order valence-electron chi connectivity index (χ1n) is 7.31. The van der Waals surface area contributed by atoms with Crippen molar-refractivity contribution in [1.82, 2.24) is 9.80 Å². The van der Waals surface area contributed by atoms with Crippen LogP contribution < -0.4 is 11.1 Å². The second-order valence-corrected chi connectivity index (χ2v) is 5.50.